The maximum absolute atomic E-state index is 4.73. The summed E-state index contributed by atoms with van der Waals surface area (Å²) in [4.78, 5) is 10.6. The highest BCUT2D eigenvalue weighted by Gasteiger charge is 2.13. The first-order valence-corrected chi connectivity index (χ1v) is 7.15. The van der Waals surface area contributed by atoms with Gasteiger partial charge >= 0.3 is 0 Å². The summed E-state index contributed by atoms with van der Waals surface area (Å²) in [5.41, 5.74) is 3.42. The van der Waals surface area contributed by atoms with E-state index in [9.17, 15) is 0 Å². The number of rotatable bonds is 4. The molecule has 4 heteroatoms. The Bertz CT molecular complexity index is 546. The van der Waals surface area contributed by atoms with E-state index in [1.54, 1.807) is 11.3 Å². The zero-order valence-corrected chi connectivity index (χ0v) is 12.2. The minimum Gasteiger partial charge on any atom is -0.373 e. The van der Waals surface area contributed by atoms with E-state index in [0.29, 0.717) is 0 Å². The van der Waals surface area contributed by atoms with Gasteiger partial charge in [0.05, 0.1) is 5.69 Å². The summed E-state index contributed by atoms with van der Waals surface area (Å²) in [5, 5.41) is 5.28. The fourth-order valence-electron chi connectivity index (χ4n) is 2.03. The van der Waals surface area contributed by atoms with Gasteiger partial charge in [0.2, 0.25) is 0 Å². The van der Waals surface area contributed by atoms with Crippen LogP contribution in [0, 0.1) is 13.8 Å². The van der Waals surface area contributed by atoms with Crippen molar-refractivity contribution in [2.24, 2.45) is 0 Å². The second kappa shape index (κ2) is 5.48. The first-order valence-electron chi connectivity index (χ1n) is 6.27. The smallest absolute Gasteiger partial charge is 0.132 e. The van der Waals surface area contributed by atoms with Crippen LogP contribution < -0.4 is 5.32 Å². The Morgan fingerprint density at radius 1 is 1.28 bits per heavy atom. The fraction of sp³-hybridized carbons (Fsp3) is 0.429. The van der Waals surface area contributed by atoms with E-state index in [-0.39, 0.29) is 0 Å². The highest BCUT2D eigenvalue weighted by atomic mass is 32.1. The van der Waals surface area contributed by atoms with Gasteiger partial charge in [-0.3, -0.25) is 0 Å². The molecule has 0 spiro atoms. The van der Waals surface area contributed by atoms with Crippen LogP contribution in [0.4, 0.5) is 5.82 Å². The van der Waals surface area contributed by atoms with E-state index in [2.05, 4.69) is 42.5 Å². The Labute approximate surface area is 112 Å². The molecule has 0 saturated carbocycles. The van der Waals surface area contributed by atoms with Crippen molar-refractivity contribution in [1.82, 2.24) is 9.97 Å². The van der Waals surface area contributed by atoms with Gasteiger partial charge in [0.25, 0.3) is 0 Å². The summed E-state index contributed by atoms with van der Waals surface area (Å²) in [5.74, 6) is 1.86. The van der Waals surface area contributed by atoms with Crippen LogP contribution in [0.25, 0.3) is 11.3 Å². The molecule has 0 amide bonds. The summed E-state index contributed by atoms with van der Waals surface area (Å²) in [6.07, 6.45) is 1.99. The third-order valence-electron chi connectivity index (χ3n) is 3.02. The number of anilines is 1. The summed E-state index contributed by atoms with van der Waals surface area (Å²) >= 11 is 1.76. The van der Waals surface area contributed by atoms with Gasteiger partial charge in [-0.1, -0.05) is 6.92 Å². The molecule has 0 radical (unpaired) electrons. The predicted molar refractivity (Wildman–Crippen MR) is 78.4 cm³/mol. The Morgan fingerprint density at radius 2 is 2.06 bits per heavy atom. The van der Waals surface area contributed by atoms with Crippen molar-refractivity contribution in [3.05, 3.63) is 27.7 Å². The van der Waals surface area contributed by atoms with Crippen LogP contribution in [0.1, 0.15) is 29.6 Å². The van der Waals surface area contributed by atoms with Gasteiger partial charge in [-0.25, -0.2) is 9.97 Å². The molecule has 0 aliphatic rings. The van der Waals surface area contributed by atoms with Crippen LogP contribution in [-0.4, -0.2) is 17.0 Å². The van der Waals surface area contributed by atoms with Crippen molar-refractivity contribution in [3.8, 4) is 11.3 Å². The summed E-state index contributed by atoms with van der Waals surface area (Å²) in [6.45, 7) is 6.37. The first kappa shape index (κ1) is 13.0. The standard InChI is InChI=1S/C14H19N3S/c1-5-6-12-16-13(9(2)14(15-4)17-12)11-7-8-18-10(11)3/h7-8H,5-6H2,1-4H3,(H,15,16,17). The molecule has 0 aromatic carbocycles. The summed E-state index contributed by atoms with van der Waals surface area (Å²) < 4.78 is 0. The first-order chi connectivity index (χ1) is 8.67. The molecule has 2 aromatic rings. The molecule has 2 aromatic heterocycles. The number of thiophene rings is 1. The lowest BCUT2D eigenvalue weighted by atomic mass is 10.1. The van der Waals surface area contributed by atoms with E-state index < -0.39 is 0 Å². The van der Waals surface area contributed by atoms with Crippen molar-refractivity contribution in [2.45, 2.75) is 33.6 Å². The average Bonchev–Trinajstić information content (AvgIpc) is 2.78. The minimum absolute atomic E-state index is 0.922. The number of nitrogens with one attached hydrogen (secondary N) is 1. The molecule has 2 heterocycles. The quantitative estimate of drug-likeness (QED) is 0.909. The van der Waals surface area contributed by atoms with E-state index >= 15 is 0 Å². The topological polar surface area (TPSA) is 37.8 Å². The van der Waals surface area contributed by atoms with E-state index in [1.807, 2.05) is 7.05 Å². The van der Waals surface area contributed by atoms with E-state index in [1.165, 1.54) is 10.4 Å². The SMILES string of the molecule is CCCc1nc(NC)c(C)c(-c2ccsc2C)n1. The molecule has 2 rings (SSSR count). The van der Waals surface area contributed by atoms with Gasteiger partial charge in [0.15, 0.2) is 0 Å². The van der Waals surface area contributed by atoms with Gasteiger partial charge in [-0.15, -0.1) is 11.3 Å². The number of aromatic nitrogens is 2. The van der Waals surface area contributed by atoms with Gasteiger partial charge in [0, 0.05) is 29.5 Å². The summed E-state index contributed by atoms with van der Waals surface area (Å²) in [7, 11) is 1.91. The van der Waals surface area contributed by atoms with Gasteiger partial charge in [0.1, 0.15) is 11.6 Å². The average molecular weight is 261 g/mol. The Morgan fingerprint density at radius 3 is 2.61 bits per heavy atom. The fourth-order valence-corrected chi connectivity index (χ4v) is 2.73. The maximum atomic E-state index is 4.73. The number of aryl methyl sites for hydroxylation is 2. The van der Waals surface area contributed by atoms with Crippen molar-refractivity contribution < 1.29 is 0 Å². The van der Waals surface area contributed by atoms with Crippen LogP contribution in [0.5, 0.6) is 0 Å². The molecule has 0 atom stereocenters. The van der Waals surface area contributed by atoms with Crippen LogP contribution in [0.2, 0.25) is 0 Å². The molecule has 0 unspecified atom stereocenters. The highest BCUT2D eigenvalue weighted by Crippen LogP contribution is 2.31. The normalized spacial score (nSPS) is 10.7. The van der Waals surface area contributed by atoms with E-state index in [0.717, 1.165) is 35.7 Å². The molecule has 3 nitrogen and oxygen atoms in total. The molecule has 0 fully saturated rings. The molecule has 96 valence electrons. The maximum Gasteiger partial charge on any atom is 0.132 e. The van der Waals surface area contributed by atoms with Gasteiger partial charge < -0.3 is 5.32 Å². The second-order valence-electron chi connectivity index (χ2n) is 4.35. The van der Waals surface area contributed by atoms with Crippen molar-refractivity contribution in [3.63, 3.8) is 0 Å². The largest absolute Gasteiger partial charge is 0.373 e. The number of hydrogen-bond acceptors (Lipinski definition) is 4. The zero-order chi connectivity index (χ0) is 13.1. The molecule has 0 aliphatic heterocycles. The third kappa shape index (κ3) is 2.38. The lowest BCUT2D eigenvalue weighted by molar-refractivity contribution is 0.834. The Kier molecular flexibility index (Phi) is 3.97. The molecular weight excluding hydrogens is 242 g/mol. The minimum atomic E-state index is 0.922. The monoisotopic (exact) mass is 261 g/mol. The molecule has 0 aliphatic carbocycles. The lowest BCUT2D eigenvalue weighted by Gasteiger charge is -2.12. The molecular formula is C14H19N3S. The Balaban J connectivity index is 2.58. The van der Waals surface area contributed by atoms with Crippen molar-refractivity contribution in [1.29, 1.82) is 0 Å². The van der Waals surface area contributed by atoms with E-state index in [4.69, 9.17) is 4.98 Å². The lowest BCUT2D eigenvalue weighted by Crippen LogP contribution is -2.05. The highest BCUT2D eigenvalue weighted by molar-refractivity contribution is 7.10. The van der Waals surface area contributed by atoms with Crippen LogP contribution in [0.3, 0.4) is 0 Å². The second-order valence-corrected chi connectivity index (χ2v) is 5.47. The predicted octanol–water partition coefficient (Wildman–Crippen LogP) is 3.82. The molecule has 0 saturated heterocycles. The van der Waals surface area contributed by atoms with Gasteiger partial charge in [-0.2, -0.15) is 0 Å². The van der Waals surface area contributed by atoms with Crippen LogP contribution in [-0.2, 0) is 6.42 Å². The van der Waals surface area contributed by atoms with Crippen LogP contribution in [0.15, 0.2) is 11.4 Å². The summed E-state index contributed by atoms with van der Waals surface area (Å²) in [6, 6.07) is 2.14. The molecule has 18 heavy (non-hydrogen) atoms. The van der Waals surface area contributed by atoms with Crippen molar-refractivity contribution >= 4 is 17.2 Å². The van der Waals surface area contributed by atoms with Crippen molar-refractivity contribution in [2.75, 3.05) is 12.4 Å². The number of nitrogens with zero attached hydrogens (tertiary/aromatic N) is 2. The molecule has 1 N–H and O–H groups in total. The number of hydrogen-bond donors (Lipinski definition) is 1. The van der Waals surface area contributed by atoms with Crippen LogP contribution >= 0.6 is 11.3 Å². The molecule has 0 bridgehead atoms. The zero-order valence-electron chi connectivity index (χ0n) is 11.4. The Hall–Kier alpha value is -1.42. The van der Waals surface area contributed by atoms with Gasteiger partial charge in [-0.05, 0) is 31.7 Å². The third-order valence-corrected chi connectivity index (χ3v) is 3.86.